The van der Waals surface area contributed by atoms with Gasteiger partial charge in [-0.1, -0.05) is 54.6 Å². The van der Waals surface area contributed by atoms with E-state index in [2.05, 4.69) is 53.3 Å². The number of amides is 1. The minimum Gasteiger partial charge on any atom is -0.484 e. The lowest BCUT2D eigenvalue weighted by Crippen LogP contribution is -2.47. The molecule has 1 unspecified atom stereocenters. The highest BCUT2D eigenvalue weighted by Crippen LogP contribution is 2.27. The van der Waals surface area contributed by atoms with Crippen LogP contribution in [0.3, 0.4) is 0 Å². The first kappa shape index (κ1) is 23.0. The molecule has 0 N–H and O–H groups in total. The van der Waals surface area contributed by atoms with Crippen LogP contribution in [0.5, 0.6) is 5.75 Å². The van der Waals surface area contributed by atoms with Gasteiger partial charge in [0.1, 0.15) is 5.75 Å². The van der Waals surface area contributed by atoms with Gasteiger partial charge in [-0.05, 0) is 61.6 Å². The van der Waals surface area contributed by atoms with Gasteiger partial charge in [-0.3, -0.25) is 14.7 Å². The fourth-order valence-corrected chi connectivity index (χ4v) is 4.72. The SMILES string of the molecule is CN(Cc1cccnc1)C(Cc1ccccc1)C1CCN(C(=O)COc2ccccc2)CC1. The lowest BCUT2D eigenvalue weighted by molar-refractivity contribution is -0.135. The first-order valence-electron chi connectivity index (χ1n) is 11.8. The molecule has 1 amide bonds. The number of carbonyl (C=O) groups is 1. The van der Waals surface area contributed by atoms with Crippen molar-refractivity contribution in [3.05, 3.63) is 96.3 Å². The molecule has 0 saturated carbocycles. The van der Waals surface area contributed by atoms with Gasteiger partial charge >= 0.3 is 0 Å². The third-order valence-electron chi connectivity index (χ3n) is 6.55. The van der Waals surface area contributed by atoms with Gasteiger partial charge in [0.15, 0.2) is 6.61 Å². The van der Waals surface area contributed by atoms with Crippen LogP contribution in [0.2, 0.25) is 0 Å². The summed E-state index contributed by atoms with van der Waals surface area (Å²) in [5, 5.41) is 0. The molecule has 4 rings (SSSR count). The van der Waals surface area contributed by atoms with Crippen molar-refractivity contribution in [2.24, 2.45) is 5.92 Å². The molecule has 1 aliphatic rings. The number of para-hydroxylation sites is 1. The zero-order valence-corrected chi connectivity index (χ0v) is 19.3. The highest BCUT2D eigenvalue weighted by atomic mass is 16.5. The van der Waals surface area contributed by atoms with Crippen LogP contribution in [0.4, 0.5) is 0 Å². The Balaban J connectivity index is 1.36. The number of piperidine rings is 1. The van der Waals surface area contributed by atoms with E-state index in [1.54, 1.807) is 0 Å². The second kappa shape index (κ2) is 11.6. The fourth-order valence-electron chi connectivity index (χ4n) is 4.72. The zero-order valence-electron chi connectivity index (χ0n) is 19.3. The van der Waals surface area contributed by atoms with E-state index in [9.17, 15) is 4.79 Å². The van der Waals surface area contributed by atoms with Crippen molar-refractivity contribution < 1.29 is 9.53 Å². The van der Waals surface area contributed by atoms with Gasteiger partial charge < -0.3 is 9.64 Å². The molecule has 2 heterocycles. The first-order chi connectivity index (χ1) is 16.2. The van der Waals surface area contributed by atoms with Crippen molar-refractivity contribution in [3.8, 4) is 5.75 Å². The van der Waals surface area contributed by atoms with Crippen molar-refractivity contribution in [2.45, 2.75) is 31.8 Å². The third-order valence-corrected chi connectivity index (χ3v) is 6.55. The van der Waals surface area contributed by atoms with Gasteiger partial charge in [0, 0.05) is 38.1 Å². The topological polar surface area (TPSA) is 45.7 Å². The number of nitrogens with zero attached hydrogens (tertiary/aromatic N) is 3. The second-order valence-corrected chi connectivity index (χ2v) is 8.85. The molecule has 1 saturated heterocycles. The lowest BCUT2D eigenvalue weighted by atomic mass is 9.85. The van der Waals surface area contributed by atoms with Crippen LogP contribution < -0.4 is 4.74 Å². The van der Waals surface area contributed by atoms with Crippen LogP contribution in [0.25, 0.3) is 0 Å². The van der Waals surface area contributed by atoms with Gasteiger partial charge in [0.05, 0.1) is 0 Å². The number of benzene rings is 2. The number of hydrogen-bond acceptors (Lipinski definition) is 4. The predicted molar refractivity (Wildman–Crippen MR) is 131 cm³/mol. The van der Waals surface area contributed by atoms with Gasteiger partial charge in [-0.25, -0.2) is 0 Å². The second-order valence-electron chi connectivity index (χ2n) is 8.85. The highest BCUT2D eigenvalue weighted by Gasteiger charge is 2.31. The average molecular weight is 444 g/mol. The summed E-state index contributed by atoms with van der Waals surface area (Å²) in [6.07, 6.45) is 6.79. The van der Waals surface area contributed by atoms with Crippen LogP contribution in [-0.4, -0.2) is 53.5 Å². The van der Waals surface area contributed by atoms with Gasteiger partial charge in [-0.2, -0.15) is 0 Å². The maximum atomic E-state index is 12.7. The standard InChI is InChI=1S/C28H33N3O2/c1-30(21-24-11-8-16-29-20-24)27(19-23-9-4-2-5-10-23)25-14-17-31(18-15-25)28(32)22-33-26-12-6-3-7-13-26/h2-13,16,20,25,27H,14-15,17-19,21-22H2,1H3. The minimum absolute atomic E-state index is 0.0700. The maximum Gasteiger partial charge on any atom is 0.260 e. The quantitative estimate of drug-likeness (QED) is 0.490. The summed E-state index contributed by atoms with van der Waals surface area (Å²) in [6.45, 7) is 2.54. The predicted octanol–water partition coefficient (Wildman–Crippen LogP) is 4.44. The molecule has 0 radical (unpaired) electrons. The van der Waals surface area contributed by atoms with E-state index >= 15 is 0 Å². The first-order valence-corrected chi connectivity index (χ1v) is 11.8. The minimum atomic E-state index is 0.0700. The Hall–Kier alpha value is -3.18. The van der Waals surface area contributed by atoms with Crippen molar-refractivity contribution in [1.82, 2.24) is 14.8 Å². The van der Waals surface area contributed by atoms with E-state index in [0.29, 0.717) is 12.0 Å². The largest absolute Gasteiger partial charge is 0.484 e. The molecule has 1 fully saturated rings. The Labute approximate surface area is 197 Å². The van der Waals surface area contributed by atoms with Crippen LogP contribution in [0.15, 0.2) is 85.2 Å². The number of rotatable bonds is 9. The lowest BCUT2D eigenvalue weighted by Gasteiger charge is -2.40. The molecule has 5 nitrogen and oxygen atoms in total. The molecule has 2 aromatic carbocycles. The molecule has 1 aromatic heterocycles. The number of carbonyl (C=O) groups excluding carboxylic acids is 1. The van der Waals surface area contributed by atoms with E-state index in [4.69, 9.17) is 4.74 Å². The average Bonchev–Trinajstić information content (AvgIpc) is 2.88. The van der Waals surface area contributed by atoms with E-state index < -0.39 is 0 Å². The summed E-state index contributed by atoms with van der Waals surface area (Å²) in [6, 6.07) is 24.8. The molecule has 3 aromatic rings. The van der Waals surface area contributed by atoms with Crippen LogP contribution >= 0.6 is 0 Å². The normalized spacial score (nSPS) is 15.4. The molecule has 1 atom stereocenters. The number of hydrogen-bond donors (Lipinski definition) is 0. The van der Waals surface area contributed by atoms with Gasteiger partial charge in [-0.15, -0.1) is 0 Å². The van der Waals surface area contributed by atoms with Crippen LogP contribution in [0.1, 0.15) is 24.0 Å². The number of ether oxygens (including phenoxy) is 1. The number of likely N-dealkylation sites (tertiary alicyclic amines) is 1. The van der Waals surface area contributed by atoms with E-state index in [1.807, 2.05) is 53.7 Å². The van der Waals surface area contributed by atoms with Crippen molar-refractivity contribution in [1.29, 1.82) is 0 Å². The summed E-state index contributed by atoms with van der Waals surface area (Å²) < 4.78 is 5.67. The van der Waals surface area contributed by atoms with E-state index in [-0.39, 0.29) is 12.5 Å². The Morgan fingerprint density at radius 3 is 2.33 bits per heavy atom. The number of pyridine rings is 1. The molecule has 5 heteroatoms. The number of aromatic nitrogens is 1. The van der Waals surface area contributed by atoms with E-state index in [1.165, 1.54) is 11.1 Å². The van der Waals surface area contributed by atoms with Crippen LogP contribution in [-0.2, 0) is 17.8 Å². The summed E-state index contributed by atoms with van der Waals surface area (Å²) >= 11 is 0. The molecule has 1 aliphatic heterocycles. The summed E-state index contributed by atoms with van der Waals surface area (Å²) in [5.41, 5.74) is 2.58. The third kappa shape index (κ3) is 6.65. The van der Waals surface area contributed by atoms with Gasteiger partial charge in [0.2, 0.25) is 0 Å². The molecular weight excluding hydrogens is 410 g/mol. The fraction of sp³-hybridized carbons (Fsp3) is 0.357. The Kier molecular flexibility index (Phi) is 8.09. The van der Waals surface area contributed by atoms with E-state index in [0.717, 1.165) is 44.6 Å². The van der Waals surface area contributed by atoms with Gasteiger partial charge in [0.25, 0.3) is 5.91 Å². The summed E-state index contributed by atoms with van der Waals surface area (Å²) in [5.74, 6) is 1.34. The Bertz CT molecular complexity index is 974. The van der Waals surface area contributed by atoms with Crippen molar-refractivity contribution >= 4 is 5.91 Å². The zero-order chi connectivity index (χ0) is 22.9. The molecule has 0 spiro atoms. The summed E-state index contributed by atoms with van der Waals surface area (Å²) in [7, 11) is 2.21. The molecule has 0 aliphatic carbocycles. The monoisotopic (exact) mass is 443 g/mol. The van der Waals surface area contributed by atoms with Crippen molar-refractivity contribution in [3.63, 3.8) is 0 Å². The molecule has 33 heavy (non-hydrogen) atoms. The number of likely N-dealkylation sites (N-methyl/N-ethyl adjacent to an activating group) is 1. The van der Waals surface area contributed by atoms with Crippen molar-refractivity contribution in [2.75, 3.05) is 26.7 Å². The molecule has 172 valence electrons. The highest BCUT2D eigenvalue weighted by molar-refractivity contribution is 5.77. The summed E-state index contributed by atoms with van der Waals surface area (Å²) in [4.78, 5) is 21.4. The van der Waals surface area contributed by atoms with Crippen LogP contribution in [0, 0.1) is 5.92 Å². The maximum absolute atomic E-state index is 12.7. The molecule has 0 bridgehead atoms. The molecular formula is C28H33N3O2. The smallest absolute Gasteiger partial charge is 0.260 e. The Morgan fingerprint density at radius 1 is 1.00 bits per heavy atom. The Morgan fingerprint density at radius 2 is 1.67 bits per heavy atom.